The fourth-order valence-corrected chi connectivity index (χ4v) is 1.85. The van der Waals surface area contributed by atoms with Gasteiger partial charge in [0, 0.05) is 36.3 Å². The predicted molar refractivity (Wildman–Crippen MR) is 72.5 cm³/mol. The van der Waals surface area contributed by atoms with Gasteiger partial charge in [-0.1, -0.05) is 29.7 Å². The second-order valence-electron chi connectivity index (χ2n) is 3.60. The van der Waals surface area contributed by atoms with Crippen molar-refractivity contribution >= 4 is 22.6 Å². The second kappa shape index (κ2) is 6.82. The molecular formula is C13H13NO3S. The molecule has 1 rings (SSSR count). The van der Waals surface area contributed by atoms with Crippen LogP contribution in [0.3, 0.4) is 0 Å². The lowest BCUT2D eigenvalue weighted by molar-refractivity contribution is -0.385. The zero-order valence-corrected chi connectivity index (χ0v) is 11.0. The molecule has 0 amide bonds. The molecule has 0 aliphatic heterocycles. The number of hydrogen-bond donors (Lipinski definition) is 0. The largest absolute Gasteiger partial charge is 0.288 e. The molecule has 0 unspecified atom stereocenters. The van der Waals surface area contributed by atoms with Crippen molar-refractivity contribution in [1.82, 2.24) is 0 Å². The summed E-state index contributed by atoms with van der Waals surface area (Å²) in [5, 5.41) is 10.8. The van der Waals surface area contributed by atoms with Crippen molar-refractivity contribution in [3.8, 4) is 11.8 Å². The maximum absolute atomic E-state index is 10.7. The summed E-state index contributed by atoms with van der Waals surface area (Å²) in [6.45, 7) is 3.20. The van der Waals surface area contributed by atoms with E-state index in [1.165, 1.54) is 24.8 Å². The highest BCUT2D eigenvalue weighted by molar-refractivity contribution is 8.13. The molecule has 18 heavy (non-hydrogen) atoms. The fraction of sp³-hybridized carbons (Fsp3) is 0.308. The molecule has 1 aromatic carbocycles. The highest BCUT2D eigenvalue weighted by atomic mass is 32.2. The highest BCUT2D eigenvalue weighted by Crippen LogP contribution is 2.20. The third kappa shape index (κ3) is 4.22. The van der Waals surface area contributed by atoms with Crippen molar-refractivity contribution < 1.29 is 9.72 Å². The molecule has 0 radical (unpaired) electrons. The third-order valence-electron chi connectivity index (χ3n) is 2.26. The van der Waals surface area contributed by atoms with E-state index in [0.717, 1.165) is 0 Å². The van der Waals surface area contributed by atoms with Crippen molar-refractivity contribution in [3.63, 3.8) is 0 Å². The Morgan fingerprint density at radius 2 is 2.22 bits per heavy atom. The molecule has 0 aliphatic rings. The van der Waals surface area contributed by atoms with Crippen LogP contribution in [0.5, 0.6) is 0 Å². The van der Waals surface area contributed by atoms with E-state index < -0.39 is 4.92 Å². The smallest absolute Gasteiger partial charge is 0.273 e. The Balaban J connectivity index is 2.74. The van der Waals surface area contributed by atoms with Crippen molar-refractivity contribution in [2.75, 3.05) is 5.75 Å². The normalized spacial score (nSPS) is 9.44. The maximum Gasteiger partial charge on any atom is 0.273 e. The molecule has 0 fully saturated rings. The van der Waals surface area contributed by atoms with Crippen LogP contribution in [0.15, 0.2) is 18.2 Å². The first kappa shape index (κ1) is 14.3. The molecule has 0 N–H and O–H groups in total. The molecule has 5 heteroatoms. The number of benzene rings is 1. The van der Waals surface area contributed by atoms with E-state index in [1.54, 1.807) is 19.1 Å². The van der Waals surface area contributed by atoms with E-state index in [1.807, 2.05) is 0 Å². The molecule has 0 aliphatic carbocycles. The molecule has 0 atom stereocenters. The van der Waals surface area contributed by atoms with Crippen LogP contribution in [-0.2, 0) is 4.79 Å². The van der Waals surface area contributed by atoms with E-state index in [2.05, 4.69) is 11.8 Å². The molecule has 94 valence electrons. The standard InChI is InChI=1S/C13H13NO3S/c1-10-12(6-3-4-9-18-11(2)15)7-5-8-13(10)14(16)17/h5,7-8H,4,9H2,1-2H3. The van der Waals surface area contributed by atoms with Crippen molar-refractivity contribution in [1.29, 1.82) is 0 Å². The van der Waals surface area contributed by atoms with Crippen molar-refractivity contribution in [3.05, 3.63) is 39.4 Å². The molecular weight excluding hydrogens is 250 g/mol. The first-order valence-electron chi connectivity index (χ1n) is 5.38. The molecule has 4 nitrogen and oxygen atoms in total. The Labute approximate surface area is 110 Å². The molecule has 0 bridgehead atoms. The predicted octanol–water partition coefficient (Wildman–Crippen LogP) is 2.92. The summed E-state index contributed by atoms with van der Waals surface area (Å²) < 4.78 is 0. The van der Waals surface area contributed by atoms with Crippen LogP contribution in [0.1, 0.15) is 24.5 Å². The SMILES string of the molecule is CC(=O)SCCC#Cc1cccc([N+](=O)[O-])c1C. The molecule has 0 saturated heterocycles. The van der Waals surface area contributed by atoms with Gasteiger partial charge in [0.15, 0.2) is 5.12 Å². The Morgan fingerprint density at radius 1 is 1.50 bits per heavy atom. The van der Waals surface area contributed by atoms with Crippen molar-refractivity contribution in [2.45, 2.75) is 20.3 Å². The Morgan fingerprint density at radius 3 is 2.83 bits per heavy atom. The monoisotopic (exact) mass is 263 g/mol. The van der Waals surface area contributed by atoms with Gasteiger partial charge in [-0.3, -0.25) is 14.9 Å². The van der Waals surface area contributed by atoms with Crippen LogP contribution in [-0.4, -0.2) is 15.8 Å². The highest BCUT2D eigenvalue weighted by Gasteiger charge is 2.11. The van der Waals surface area contributed by atoms with Crippen LogP contribution >= 0.6 is 11.8 Å². The average Bonchev–Trinajstić information content (AvgIpc) is 2.30. The summed E-state index contributed by atoms with van der Waals surface area (Å²) in [4.78, 5) is 21.0. The molecule has 0 heterocycles. The minimum absolute atomic E-state index is 0.0725. The van der Waals surface area contributed by atoms with E-state index >= 15 is 0 Å². The second-order valence-corrected chi connectivity index (χ2v) is 4.87. The molecule has 1 aromatic rings. The summed E-state index contributed by atoms with van der Waals surface area (Å²) in [5.41, 5.74) is 1.33. The summed E-state index contributed by atoms with van der Waals surface area (Å²) in [6, 6.07) is 4.85. The zero-order chi connectivity index (χ0) is 13.5. The first-order valence-corrected chi connectivity index (χ1v) is 6.37. The van der Waals surface area contributed by atoms with Gasteiger partial charge in [0.1, 0.15) is 0 Å². The number of thioether (sulfide) groups is 1. The van der Waals surface area contributed by atoms with Crippen LogP contribution < -0.4 is 0 Å². The lowest BCUT2D eigenvalue weighted by atomic mass is 10.1. The zero-order valence-electron chi connectivity index (χ0n) is 10.2. The summed E-state index contributed by atoms with van der Waals surface area (Å²) in [5.74, 6) is 6.47. The number of rotatable bonds is 3. The number of carbonyl (C=O) groups excluding carboxylic acids is 1. The van der Waals surface area contributed by atoms with Gasteiger partial charge in [0.05, 0.1) is 4.92 Å². The van der Waals surface area contributed by atoms with Gasteiger partial charge in [-0.2, -0.15) is 0 Å². The molecule has 0 saturated carbocycles. The number of carbonyl (C=O) groups is 1. The fourth-order valence-electron chi connectivity index (χ4n) is 1.36. The summed E-state index contributed by atoms with van der Waals surface area (Å²) in [6.07, 6.45) is 0.590. The van der Waals surface area contributed by atoms with Gasteiger partial charge in [-0.05, 0) is 13.0 Å². The van der Waals surface area contributed by atoms with Crippen LogP contribution in [0, 0.1) is 28.9 Å². The molecule has 0 spiro atoms. The minimum Gasteiger partial charge on any atom is -0.288 e. The Hall–Kier alpha value is -1.80. The van der Waals surface area contributed by atoms with Gasteiger partial charge in [0.25, 0.3) is 5.69 Å². The lowest BCUT2D eigenvalue weighted by Crippen LogP contribution is -1.93. The maximum atomic E-state index is 10.7. The number of nitro benzene ring substituents is 1. The van der Waals surface area contributed by atoms with Crippen LogP contribution in [0.2, 0.25) is 0 Å². The van der Waals surface area contributed by atoms with Crippen molar-refractivity contribution in [2.24, 2.45) is 0 Å². The van der Waals surface area contributed by atoms with Gasteiger partial charge in [0.2, 0.25) is 0 Å². The topological polar surface area (TPSA) is 60.2 Å². The van der Waals surface area contributed by atoms with E-state index in [-0.39, 0.29) is 10.8 Å². The quantitative estimate of drug-likeness (QED) is 0.364. The number of hydrogen-bond acceptors (Lipinski definition) is 4. The minimum atomic E-state index is -0.411. The van der Waals surface area contributed by atoms with E-state index in [0.29, 0.717) is 23.3 Å². The van der Waals surface area contributed by atoms with E-state index in [9.17, 15) is 14.9 Å². The number of nitrogens with zero attached hydrogens (tertiary/aromatic N) is 1. The van der Waals surface area contributed by atoms with Gasteiger partial charge < -0.3 is 0 Å². The van der Waals surface area contributed by atoms with Gasteiger partial charge in [-0.25, -0.2) is 0 Å². The first-order chi connectivity index (χ1) is 8.52. The van der Waals surface area contributed by atoms with E-state index in [4.69, 9.17) is 0 Å². The molecule has 0 aromatic heterocycles. The van der Waals surface area contributed by atoms with Gasteiger partial charge >= 0.3 is 0 Å². The van der Waals surface area contributed by atoms with Crippen LogP contribution in [0.4, 0.5) is 5.69 Å². The third-order valence-corrected chi connectivity index (χ3v) is 3.07. The average molecular weight is 263 g/mol. The summed E-state index contributed by atoms with van der Waals surface area (Å²) >= 11 is 1.23. The summed E-state index contributed by atoms with van der Waals surface area (Å²) in [7, 11) is 0. The lowest BCUT2D eigenvalue weighted by Gasteiger charge is -1.98. The number of nitro groups is 1. The van der Waals surface area contributed by atoms with Crippen LogP contribution in [0.25, 0.3) is 0 Å². The van der Waals surface area contributed by atoms with Gasteiger partial charge in [-0.15, -0.1) is 0 Å². The Bertz CT molecular complexity index is 529. The Kier molecular flexibility index (Phi) is 5.40.